The molecule has 0 saturated heterocycles. The predicted octanol–water partition coefficient (Wildman–Crippen LogP) is 4.08. The largest absolute Gasteiger partial charge is 0.337 e. The monoisotopic (exact) mass is 385 g/mol. The Morgan fingerprint density at radius 2 is 2.00 bits per heavy atom. The highest BCUT2D eigenvalue weighted by atomic mass is 32.2. The minimum absolute atomic E-state index is 0.0302. The van der Waals surface area contributed by atoms with Crippen LogP contribution in [-0.2, 0) is 17.1 Å². The molecule has 0 bridgehead atoms. The van der Waals surface area contributed by atoms with Gasteiger partial charge in [0.25, 0.3) is 0 Å². The lowest BCUT2D eigenvalue weighted by molar-refractivity contribution is -0.127. The van der Waals surface area contributed by atoms with Crippen LogP contribution in [-0.4, -0.2) is 33.7 Å². The number of amides is 1. The second kappa shape index (κ2) is 8.81. The van der Waals surface area contributed by atoms with Crippen molar-refractivity contribution in [1.82, 2.24) is 15.0 Å². The van der Waals surface area contributed by atoms with Gasteiger partial charge < -0.3 is 9.42 Å². The Hall–Kier alpha value is -2.67. The minimum Gasteiger partial charge on any atom is -0.337 e. The Bertz CT molecular complexity index is 912. The Balaban J connectivity index is 1.50. The van der Waals surface area contributed by atoms with Crippen molar-refractivity contribution < 1.29 is 13.7 Å². The van der Waals surface area contributed by atoms with Crippen molar-refractivity contribution in [3.8, 4) is 11.4 Å². The molecule has 0 aliphatic heterocycles. The molecular weight excluding hydrogens is 365 g/mol. The molecule has 0 spiro atoms. The van der Waals surface area contributed by atoms with Gasteiger partial charge in [0.1, 0.15) is 5.82 Å². The average molecular weight is 385 g/mol. The Morgan fingerprint density at radius 3 is 2.74 bits per heavy atom. The van der Waals surface area contributed by atoms with Crippen molar-refractivity contribution in [3.05, 3.63) is 71.4 Å². The molecule has 0 aliphatic carbocycles. The van der Waals surface area contributed by atoms with Crippen molar-refractivity contribution in [2.75, 3.05) is 12.8 Å². The maximum Gasteiger partial charge on any atom is 0.246 e. The van der Waals surface area contributed by atoms with Gasteiger partial charge in [0.15, 0.2) is 0 Å². The van der Waals surface area contributed by atoms with Gasteiger partial charge in [-0.2, -0.15) is 4.98 Å². The van der Waals surface area contributed by atoms with Gasteiger partial charge in [-0.25, -0.2) is 4.39 Å². The number of rotatable bonds is 7. The quantitative estimate of drug-likeness (QED) is 0.613. The van der Waals surface area contributed by atoms with Crippen LogP contribution >= 0.6 is 11.8 Å². The molecule has 140 valence electrons. The number of benzene rings is 2. The minimum atomic E-state index is -0.260. The van der Waals surface area contributed by atoms with E-state index in [2.05, 4.69) is 10.1 Å². The van der Waals surface area contributed by atoms with Gasteiger partial charge in [0.05, 0.1) is 12.3 Å². The topological polar surface area (TPSA) is 59.2 Å². The zero-order valence-electron chi connectivity index (χ0n) is 15.2. The third kappa shape index (κ3) is 5.40. The first-order chi connectivity index (χ1) is 13.0. The molecule has 0 unspecified atom stereocenters. The molecule has 7 heteroatoms. The summed E-state index contributed by atoms with van der Waals surface area (Å²) in [6.45, 7) is 2.26. The number of aromatic nitrogens is 2. The van der Waals surface area contributed by atoms with Gasteiger partial charge in [0.2, 0.25) is 17.6 Å². The molecule has 3 rings (SSSR count). The lowest BCUT2D eigenvalue weighted by Crippen LogP contribution is -2.28. The lowest BCUT2D eigenvalue weighted by Gasteiger charge is -2.14. The maximum absolute atomic E-state index is 12.9. The summed E-state index contributed by atoms with van der Waals surface area (Å²) < 4.78 is 18.2. The van der Waals surface area contributed by atoms with E-state index in [1.54, 1.807) is 24.1 Å². The second-order valence-electron chi connectivity index (χ2n) is 6.25. The molecule has 1 amide bonds. The summed E-state index contributed by atoms with van der Waals surface area (Å²) in [5, 5.41) is 3.99. The fourth-order valence-corrected chi connectivity index (χ4v) is 3.38. The van der Waals surface area contributed by atoms with Gasteiger partial charge in [-0.1, -0.05) is 41.1 Å². The molecular formula is C20H20FN3O2S. The summed E-state index contributed by atoms with van der Waals surface area (Å²) in [6, 6.07) is 14.1. The van der Waals surface area contributed by atoms with E-state index >= 15 is 0 Å². The number of carbonyl (C=O) groups is 1. The first-order valence-electron chi connectivity index (χ1n) is 8.47. The Kier molecular flexibility index (Phi) is 6.24. The van der Waals surface area contributed by atoms with Crippen molar-refractivity contribution in [3.63, 3.8) is 0 Å². The van der Waals surface area contributed by atoms with Crippen molar-refractivity contribution in [2.45, 2.75) is 19.2 Å². The van der Waals surface area contributed by atoms with Crippen molar-refractivity contribution >= 4 is 17.7 Å². The highest BCUT2D eigenvalue weighted by Crippen LogP contribution is 2.18. The third-order valence-corrected chi connectivity index (χ3v) is 4.94. The normalized spacial score (nSPS) is 10.8. The zero-order valence-corrected chi connectivity index (χ0v) is 16.0. The van der Waals surface area contributed by atoms with Crippen LogP contribution in [0.3, 0.4) is 0 Å². The van der Waals surface area contributed by atoms with Crippen LogP contribution in [0.25, 0.3) is 11.4 Å². The maximum atomic E-state index is 12.9. The molecule has 1 aromatic heterocycles. The molecule has 0 fully saturated rings. The zero-order chi connectivity index (χ0) is 19.2. The number of hydrogen-bond donors (Lipinski definition) is 0. The van der Waals surface area contributed by atoms with Crippen molar-refractivity contribution in [1.29, 1.82) is 0 Å². The van der Waals surface area contributed by atoms with E-state index in [1.807, 2.05) is 31.2 Å². The molecule has 5 nitrogen and oxygen atoms in total. The SMILES string of the molecule is Cc1cccc(-c2noc(CN(C)C(=O)CSCc3ccc(F)cc3)n2)c1. The number of hydrogen-bond acceptors (Lipinski definition) is 5. The molecule has 1 heterocycles. The van der Waals surface area contributed by atoms with Crippen LogP contribution in [0.2, 0.25) is 0 Å². The van der Waals surface area contributed by atoms with Crippen LogP contribution in [0.15, 0.2) is 53.1 Å². The molecule has 2 aromatic carbocycles. The molecule has 0 saturated carbocycles. The van der Waals surface area contributed by atoms with E-state index in [9.17, 15) is 9.18 Å². The number of halogens is 1. The number of aryl methyl sites for hydroxylation is 1. The summed E-state index contributed by atoms with van der Waals surface area (Å²) in [5.74, 6) is 1.60. The van der Waals surface area contributed by atoms with Crippen LogP contribution in [0.4, 0.5) is 4.39 Å². The average Bonchev–Trinajstić information content (AvgIpc) is 3.12. The van der Waals surface area contributed by atoms with E-state index in [-0.39, 0.29) is 18.3 Å². The third-order valence-electron chi connectivity index (χ3n) is 3.95. The van der Waals surface area contributed by atoms with Gasteiger partial charge in [0, 0.05) is 18.4 Å². The van der Waals surface area contributed by atoms with Gasteiger partial charge >= 0.3 is 0 Å². The molecule has 0 atom stereocenters. The van der Waals surface area contributed by atoms with Crippen LogP contribution in [0.1, 0.15) is 17.0 Å². The molecule has 0 radical (unpaired) electrons. The Morgan fingerprint density at radius 1 is 1.22 bits per heavy atom. The highest BCUT2D eigenvalue weighted by molar-refractivity contribution is 7.99. The summed E-state index contributed by atoms with van der Waals surface area (Å²) in [4.78, 5) is 18.2. The fourth-order valence-electron chi connectivity index (χ4n) is 2.46. The van der Waals surface area contributed by atoms with E-state index in [0.717, 1.165) is 16.7 Å². The van der Waals surface area contributed by atoms with E-state index < -0.39 is 0 Å². The number of carbonyl (C=O) groups excluding carboxylic acids is 1. The standard InChI is InChI=1S/C20H20FN3O2S/c1-14-4-3-5-16(10-14)20-22-18(26-23-20)11-24(2)19(25)13-27-12-15-6-8-17(21)9-7-15/h3-10H,11-13H2,1-2H3. The lowest BCUT2D eigenvalue weighted by atomic mass is 10.1. The number of thioether (sulfide) groups is 1. The van der Waals surface area contributed by atoms with Crippen LogP contribution in [0.5, 0.6) is 0 Å². The van der Waals surface area contributed by atoms with E-state index in [1.165, 1.54) is 23.9 Å². The summed E-state index contributed by atoms with van der Waals surface area (Å²) >= 11 is 1.48. The Labute approximate surface area is 161 Å². The molecule has 3 aromatic rings. The van der Waals surface area contributed by atoms with Crippen LogP contribution < -0.4 is 0 Å². The first kappa shape index (κ1) is 19.1. The summed E-state index contributed by atoms with van der Waals surface area (Å²) in [5.41, 5.74) is 2.98. The highest BCUT2D eigenvalue weighted by Gasteiger charge is 2.15. The molecule has 27 heavy (non-hydrogen) atoms. The summed E-state index contributed by atoms with van der Waals surface area (Å²) in [6.07, 6.45) is 0. The van der Waals surface area contributed by atoms with Crippen LogP contribution in [0, 0.1) is 12.7 Å². The molecule has 0 N–H and O–H groups in total. The summed E-state index contributed by atoms with van der Waals surface area (Å²) in [7, 11) is 1.71. The van der Waals surface area contributed by atoms with E-state index in [0.29, 0.717) is 23.2 Å². The predicted molar refractivity (Wildman–Crippen MR) is 104 cm³/mol. The van der Waals surface area contributed by atoms with Gasteiger partial charge in [-0.3, -0.25) is 4.79 Å². The van der Waals surface area contributed by atoms with Gasteiger partial charge in [-0.15, -0.1) is 11.8 Å². The molecule has 0 aliphatic rings. The fraction of sp³-hybridized carbons (Fsp3) is 0.250. The van der Waals surface area contributed by atoms with E-state index in [4.69, 9.17) is 4.52 Å². The van der Waals surface area contributed by atoms with Crippen molar-refractivity contribution in [2.24, 2.45) is 0 Å². The smallest absolute Gasteiger partial charge is 0.246 e. The first-order valence-corrected chi connectivity index (χ1v) is 9.62. The second-order valence-corrected chi connectivity index (χ2v) is 7.24. The number of nitrogens with zero attached hydrogens (tertiary/aromatic N) is 3. The van der Waals surface area contributed by atoms with Gasteiger partial charge in [-0.05, 0) is 30.7 Å².